The molecule has 0 atom stereocenters. The van der Waals surface area contributed by atoms with Crippen molar-refractivity contribution in [3.05, 3.63) is 36.0 Å². The van der Waals surface area contributed by atoms with Crippen molar-refractivity contribution in [2.24, 2.45) is 0 Å². The Balaban J connectivity index is 3.61. The molecule has 0 aliphatic carbocycles. The minimum atomic E-state index is 1.24. The van der Waals surface area contributed by atoms with Gasteiger partial charge in [0.1, 0.15) is 0 Å². The zero-order valence-electron chi connectivity index (χ0n) is 23.4. The molecule has 0 rings (SSSR count). The standard InChI is InChI=1S/C33H62/c1-4-7-9-11-13-15-17-18-19-20-21-23-25-27-29-32-33(30-6-3)31-28-26-24-22-16-14-12-10-8-5-2/h18-19,24,26,32H,4-17,20-23,25,27-31H2,1-3H3. The normalized spacial score (nSPS) is 12.5. The molecule has 194 valence electrons. The Labute approximate surface area is 210 Å². The average molecular weight is 459 g/mol. The first-order chi connectivity index (χ1) is 16.3. The van der Waals surface area contributed by atoms with Gasteiger partial charge in [0.15, 0.2) is 0 Å². The molecule has 0 amide bonds. The van der Waals surface area contributed by atoms with Crippen molar-refractivity contribution >= 4 is 0 Å². The molecule has 0 heterocycles. The van der Waals surface area contributed by atoms with Gasteiger partial charge in [0.05, 0.1) is 0 Å². The van der Waals surface area contributed by atoms with Crippen LogP contribution in [0.15, 0.2) is 36.0 Å². The van der Waals surface area contributed by atoms with E-state index in [-0.39, 0.29) is 0 Å². The van der Waals surface area contributed by atoms with Crippen molar-refractivity contribution in [3.63, 3.8) is 0 Å². The Morgan fingerprint density at radius 2 is 0.758 bits per heavy atom. The van der Waals surface area contributed by atoms with E-state index in [1.807, 2.05) is 0 Å². The maximum Gasteiger partial charge on any atom is -0.0286 e. The second-order valence-corrected chi connectivity index (χ2v) is 10.2. The van der Waals surface area contributed by atoms with Gasteiger partial charge in [0.25, 0.3) is 0 Å². The Morgan fingerprint density at radius 3 is 1.21 bits per heavy atom. The summed E-state index contributed by atoms with van der Waals surface area (Å²) in [7, 11) is 0. The molecule has 33 heavy (non-hydrogen) atoms. The van der Waals surface area contributed by atoms with Gasteiger partial charge in [-0.2, -0.15) is 0 Å². The Hall–Kier alpha value is -0.780. The van der Waals surface area contributed by atoms with Crippen LogP contribution in [-0.2, 0) is 0 Å². The Bertz CT molecular complexity index is 439. The van der Waals surface area contributed by atoms with Gasteiger partial charge in [-0.25, -0.2) is 0 Å². The van der Waals surface area contributed by atoms with E-state index in [2.05, 4.69) is 51.2 Å². The lowest BCUT2D eigenvalue weighted by Crippen LogP contribution is -1.85. The van der Waals surface area contributed by atoms with Crippen LogP contribution in [0.3, 0.4) is 0 Å². The predicted octanol–water partition coefficient (Wildman–Crippen LogP) is 12.4. The summed E-state index contributed by atoms with van der Waals surface area (Å²) in [6.45, 7) is 6.91. The molecule has 0 heteroatoms. The smallest absolute Gasteiger partial charge is 0.0286 e. The summed E-state index contributed by atoms with van der Waals surface area (Å²) in [6.07, 6.45) is 45.1. The lowest BCUT2D eigenvalue weighted by Gasteiger charge is -2.05. The summed E-state index contributed by atoms with van der Waals surface area (Å²) < 4.78 is 0. The topological polar surface area (TPSA) is 0 Å². The van der Waals surface area contributed by atoms with E-state index >= 15 is 0 Å². The van der Waals surface area contributed by atoms with Crippen LogP contribution in [0.1, 0.15) is 175 Å². The number of hydrogen-bond acceptors (Lipinski definition) is 0. The molecular weight excluding hydrogens is 396 g/mol. The lowest BCUT2D eigenvalue weighted by atomic mass is 10.0. The highest BCUT2D eigenvalue weighted by Gasteiger charge is 1.96. The highest BCUT2D eigenvalue weighted by molar-refractivity contribution is 5.03. The summed E-state index contributed by atoms with van der Waals surface area (Å²) in [6, 6.07) is 0. The molecular formula is C33H62. The second kappa shape index (κ2) is 29.3. The number of rotatable bonds is 26. The van der Waals surface area contributed by atoms with Crippen LogP contribution in [0, 0.1) is 0 Å². The minimum absolute atomic E-state index is 1.24. The second-order valence-electron chi connectivity index (χ2n) is 10.2. The molecule has 0 aromatic heterocycles. The molecule has 0 radical (unpaired) electrons. The van der Waals surface area contributed by atoms with Gasteiger partial charge >= 0.3 is 0 Å². The van der Waals surface area contributed by atoms with E-state index in [4.69, 9.17) is 0 Å². The van der Waals surface area contributed by atoms with Gasteiger partial charge in [-0.3, -0.25) is 0 Å². The monoisotopic (exact) mass is 458 g/mol. The van der Waals surface area contributed by atoms with E-state index in [0.29, 0.717) is 0 Å². The molecule has 0 N–H and O–H groups in total. The maximum absolute atomic E-state index is 2.57. The summed E-state index contributed by atoms with van der Waals surface area (Å²) in [5.74, 6) is 0. The number of hydrogen-bond donors (Lipinski definition) is 0. The third-order valence-electron chi connectivity index (χ3n) is 6.74. The van der Waals surface area contributed by atoms with Gasteiger partial charge < -0.3 is 0 Å². The first-order valence-electron chi connectivity index (χ1n) is 15.3. The summed E-state index contributed by atoms with van der Waals surface area (Å²) in [5.41, 5.74) is 1.71. The van der Waals surface area contributed by atoms with Gasteiger partial charge in [-0.15, -0.1) is 0 Å². The van der Waals surface area contributed by atoms with Crippen molar-refractivity contribution in [2.45, 2.75) is 175 Å². The minimum Gasteiger partial charge on any atom is -0.0885 e. The van der Waals surface area contributed by atoms with Crippen LogP contribution in [0.5, 0.6) is 0 Å². The predicted molar refractivity (Wildman–Crippen MR) is 154 cm³/mol. The average Bonchev–Trinajstić information content (AvgIpc) is 2.82. The Kier molecular flexibility index (Phi) is 28.6. The zero-order chi connectivity index (χ0) is 24.1. The maximum atomic E-state index is 2.57. The lowest BCUT2D eigenvalue weighted by molar-refractivity contribution is 0.610. The largest absolute Gasteiger partial charge is 0.0885 e. The van der Waals surface area contributed by atoms with Crippen LogP contribution in [0.4, 0.5) is 0 Å². The van der Waals surface area contributed by atoms with Gasteiger partial charge in [0, 0.05) is 0 Å². The summed E-state index contributed by atoms with van der Waals surface area (Å²) in [4.78, 5) is 0. The van der Waals surface area contributed by atoms with Crippen LogP contribution in [0.2, 0.25) is 0 Å². The van der Waals surface area contributed by atoms with E-state index in [0.717, 1.165) is 0 Å². The third kappa shape index (κ3) is 27.3. The van der Waals surface area contributed by atoms with E-state index < -0.39 is 0 Å². The SMILES string of the molecule is CCCCCCCCC=CCCCCCCC=C(CCC)CCC=CCCCCCCCC. The van der Waals surface area contributed by atoms with Crippen LogP contribution >= 0.6 is 0 Å². The summed E-state index contributed by atoms with van der Waals surface area (Å²) >= 11 is 0. The third-order valence-corrected chi connectivity index (χ3v) is 6.74. The number of unbranched alkanes of at least 4 members (excludes halogenated alkanes) is 17. The van der Waals surface area contributed by atoms with Crippen molar-refractivity contribution < 1.29 is 0 Å². The molecule has 0 unspecified atom stereocenters. The molecule has 0 aliphatic rings. The first kappa shape index (κ1) is 32.2. The fourth-order valence-electron chi connectivity index (χ4n) is 4.54. The van der Waals surface area contributed by atoms with Crippen molar-refractivity contribution in [1.82, 2.24) is 0 Å². The van der Waals surface area contributed by atoms with E-state index in [9.17, 15) is 0 Å². The van der Waals surface area contributed by atoms with E-state index in [1.165, 1.54) is 154 Å². The molecule has 0 aliphatic heterocycles. The first-order valence-corrected chi connectivity index (χ1v) is 15.3. The molecule has 0 saturated heterocycles. The molecule has 0 bridgehead atoms. The highest BCUT2D eigenvalue weighted by atomic mass is 14.0. The van der Waals surface area contributed by atoms with Crippen LogP contribution in [-0.4, -0.2) is 0 Å². The van der Waals surface area contributed by atoms with Gasteiger partial charge in [0.2, 0.25) is 0 Å². The fourth-order valence-corrected chi connectivity index (χ4v) is 4.54. The van der Waals surface area contributed by atoms with Crippen molar-refractivity contribution in [3.8, 4) is 0 Å². The molecule has 0 aromatic carbocycles. The van der Waals surface area contributed by atoms with Gasteiger partial charge in [-0.05, 0) is 70.6 Å². The summed E-state index contributed by atoms with van der Waals surface area (Å²) in [5, 5.41) is 0. The van der Waals surface area contributed by atoms with Crippen molar-refractivity contribution in [2.75, 3.05) is 0 Å². The van der Waals surface area contributed by atoms with E-state index in [1.54, 1.807) is 5.57 Å². The van der Waals surface area contributed by atoms with Crippen molar-refractivity contribution in [1.29, 1.82) is 0 Å². The fraction of sp³-hybridized carbons (Fsp3) is 0.818. The number of allylic oxidation sites excluding steroid dienone is 6. The van der Waals surface area contributed by atoms with Crippen LogP contribution < -0.4 is 0 Å². The molecule has 0 spiro atoms. The van der Waals surface area contributed by atoms with Gasteiger partial charge in [-0.1, -0.05) is 140 Å². The molecule has 0 fully saturated rings. The zero-order valence-corrected chi connectivity index (χ0v) is 23.4. The van der Waals surface area contributed by atoms with Crippen LogP contribution in [0.25, 0.3) is 0 Å². The quantitative estimate of drug-likeness (QED) is 0.0892. The highest BCUT2D eigenvalue weighted by Crippen LogP contribution is 2.16. The Morgan fingerprint density at radius 1 is 0.364 bits per heavy atom. The molecule has 0 aromatic rings. The molecule has 0 saturated carbocycles. The molecule has 0 nitrogen and oxygen atoms in total.